The first-order valence-electron chi connectivity index (χ1n) is 15.2. The van der Waals surface area contributed by atoms with Crippen molar-refractivity contribution in [1.29, 1.82) is 0 Å². The van der Waals surface area contributed by atoms with Gasteiger partial charge in [-0.3, -0.25) is 9.59 Å². The molecule has 7 aromatic rings. The van der Waals surface area contributed by atoms with Crippen LogP contribution in [0.5, 0.6) is 0 Å². The van der Waals surface area contributed by atoms with Crippen LogP contribution in [0.3, 0.4) is 0 Å². The lowest BCUT2D eigenvalue weighted by Gasteiger charge is -2.21. The molecule has 210 valence electrons. The number of nitrogens with zero attached hydrogens (tertiary/aromatic N) is 2. The van der Waals surface area contributed by atoms with Crippen molar-refractivity contribution in [3.8, 4) is 0 Å². The van der Waals surface area contributed by atoms with Gasteiger partial charge in [-0.05, 0) is 59.7 Å². The van der Waals surface area contributed by atoms with Gasteiger partial charge in [-0.15, -0.1) is 0 Å². The molecule has 4 nitrogen and oxygen atoms in total. The van der Waals surface area contributed by atoms with Gasteiger partial charge in [-0.1, -0.05) is 88.4 Å². The summed E-state index contributed by atoms with van der Waals surface area (Å²) in [5.41, 5.74) is 3.63. The minimum Gasteiger partial charge on any atom is -0.340 e. The fraction of sp³-hybridized carbons (Fsp3) is 0.263. The maximum absolute atomic E-state index is 14.3. The Morgan fingerprint density at radius 1 is 0.500 bits per heavy atom. The monoisotopic (exact) mass is 552 g/mol. The molecule has 0 fully saturated rings. The molecule has 0 saturated heterocycles. The first-order chi connectivity index (χ1) is 20.3. The van der Waals surface area contributed by atoms with Crippen molar-refractivity contribution in [3.05, 3.63) is 105 Å². The molecule has 0 aliphatic carbocycles. The summed E-state index contributed by atoms with van der Waals surface area (Å²) in [5, 5.41) is 7.15. The zero-order valence-electron chi connectivity index (χ0n) is 24.8. The molecule has 0 amide bonds. The number of fused-ring (bicyclic) bond motifs is 8. The predicted molar refractivity (Wildman–Crippen MR) is 179 cm³/mol. The van der Waals surface area contributed by atoms with Crippen LogP contribution in [-0.2, 0) is 13.1 Å². The minimum atomic E-state index is 0.0225. The predicted octanol–water partition coefficient (Wildman–Crippen LogP) is 9.02. The third-order valence-electron chi connectivity index (χ3n) is 8.88. The molecule has 0 unspecified atom stereocenters. The lowest BCUT2D eigenvalue weighted by Crippen LogP contribution is -2.17. The van der Waals surface area contributed by atoms with E-state index in [2.05, 4.69) is 73.2 Å². The van der Waals surface area contributed by atoms with Crippen molar-refractivity contribution in [2.24, 2.45) is 11.8 Å². The third kappa shape index (κ3) is 4.12. The number of benzene rings is 5. The number of hydrogen-bond donors (Lipinski definition) is 0. The van der Waals surface area contributed by atoms with Crippen LogP contribution in [0.4, 0.5) is 0 Å². The maximum atomic E-state index is 14.3. The van der Waals surface area contributed by atoms with Crippen LogP contribution >= 0.6 is 0 Å². The van der Waals surface area contributed by atoms with Crippen LogP contribution in [0.2, 0.25) is 0 Å². The topological polar surface area (TPSA) is 44.0 Å². The lowest BCUT2D eigenvalue weighted by atomic mass is 9.99. The van der Waals surface area contributed by atoms with Gasteiger partial charge >= 0.3 is 0 Å². The van der Waals surface area contributed by atoms with Gasteiger partial charge in [0, 0.05) is 45.4 Å². The maximum Gasteiger partial charge on any atom is 0.197 e. The van der Waals surface area contributed by atoms with E-state index >= 15 is 0 Å². The molecule has 0 N–H and O–H groups in total. The number of hydrogen-bond acceptors (Lipinski definition) is 2. The normalized spacial score (nSPS) is 12.3. The summed E-state index contributed by atoms with van der Waals surface area (Å²) in [5.74, 6) is 0.992. The minimum absolute atomic E-state index is 0.0225. The Morgan fingerprint density at radius 3 is 1.31 bits per heavy atom. The van der Waals surface area contributed by atoms with Gasteiger partial charge in [0.1, 0.15) is 0 Å². The number of aromatic nitrogens is 2. The third-order valence-corrected chi connectivity index (χ3v) is 8.88. The van der Waals surface area contributed by atoms with Gasteiger partial charge in [0.2, 0.25) is 0 Å². The quantitative estimate of drug-likeness (QED) is 0.153. The Hall–Kier alpha value is -4.44. The van der Waals surface area contributed by atoms with E-state index in [0.717, 1.165) is 80.3 Å². The van der Waals surface area contributed by atoms with Crippen LogP contribution in [0.25, 0.3) is 65.2 Å². The second-order valence-electron chi connectivity index (χ2n) is 12.6. The zero-order valence-corrected chi connectivity index (χ0v) is 24.8. The molecule has 4 heteroatoms. The van der Waals surface area contributed by atoms with E-state index in [1.807, 2.05) is 48.5 Å². The number of pyridine rings is 2. The van der Waals surface area contributed by atoms with Crippen LogP contribution in [0, 0.1) is 11.8 Å². The highest BCUT2D eigenvalue weighted by atomic mass is 16.1. The molecule has 0 radical (unpaired) electrons. The second kappa shape index (κ2) is 10.1. The Bertz CT molecular complexity index is 2140. The lowest BCUT2D eigenvalue weighted by molar-refractivity contribution is 0.529. The first-order valence-corrected chi connectivity index (χ1v) is 15.2. The standard InChI is InChI=1S/C38H36N2O2/c1-23(2)17-19-39-33-21-32-34(22-31(33)37(41)29-15-13-25-9-5-7-11-27(25)35(29)39)40(20-18-24(3)4)36-28-12-8-6-10-26(28)14-16-30(36)38(32)42/h5-16,21-24H,17-20H2,1-4H3. The summed E-state index contributed by atoms with van der Waals surface area (Å²) in [6.45, 7) is 10.4. The Labute approximate surface area is 244 Å². The van der Waals surface area contributed by atoms with E-state index in [4.69, 9.17) is 0 Å². The molecule has 0 saturated carbocycles. The summed E-state index contributed by atoms with van der Waals surface area (Å²) in [7, 11) is 0. The van der Waals surface area contributed by atoms with Crippen molar-refractivity contribution in [1.82, 2.24) is 9.13 Å². The molecule has 0 bridgehead atoms. The van der Waals surface area contributed by atoms with Gasteiger partial charge in [-0.25, -0.2) is 0 Å². The smallest absolute Gasteiger partial charge is 0.197 e. The van der Waals surface area contributed by atoms with Crippen LogP contribution in [0.15, 0.2) is 94.5 Å². The average molecular weight is 553 g/mol. The largest absolute Gasteiger partial charge is 0.340 e. The molecule has 0 aliphatic heterocycles. The Kier molecular flexibility index (Phi) is 6.38. The molecule has 2 heterocycles. The summed E-state index contributed by atoms with van der Waals surface area (Å²) in [6.07, 6.45) is 1.94. The van der Waals surface area contributed by atoms with Crippen molar-refractivity contribution >= 4 is 65.2 Å². The fourth-order valence-electron chi connectivity index (χ4n) is 6.62. The van der Waals surface area contributed by atoms with Gasteiger partial charge in [-0.2, -0.15) is 0 Å². The van der Waals surface area contributed by atoms with Crippen LogP contribution in [0.1, 0.15) is 40.5 Å². The Balaban J connectivity index is 1.69. The molecule has 2 aromatic heterocycles. The number of aryl methyl sites for hydroxylation is 2. The average Bonchev–Trinajstić information content (AvgIpc) is 2.99. The van der Waals surface area contributed by atoms with Gasteiger partial charge in [0.15, 0.2) is 10.9 Å². The van der Waals surface area contributed by atoms with E-state index in [9.17, 15) is 9.59 Å². The summed E-state index contributed by atoms with van der Waals surface area (Å²) in [6, 6.07) is 28.6. The Morgan fingerprint density at radius 2 is 0.905 bits per heavy atom. The van der Waals surface area contributed by atoms with Crippen LogP contribution < -0.4 is 10.9 Å². The summed E-state index contributed by atoms with van der Waals surface area (Å²) < 4.78 is 4.60. The van der Waals surface area contributed by atoms with Crippen molar-refractivity contribution in [2.45, 2.75) is 53.6 Å². The highest BCUT2D eigenvalue weighted by Crippen LogP contribution is 2.32. The molecule has 42 heavy (non-hydrogen) atoms. The molecule has 0 spiro atoms. The molecule has 7 rings (SSSR count). The first kappa shape index (κ1) is 26.5. The van der Waals surface area contributed by atoms with Crippen LogP contribution in [-0.4, -0.2) is 9.13 Å². The molecular formula is C38H36N2O2. The van der Waals surface area contributed by atoms with Gasteiger partial charge < -0.3 is 9.13 Å². The van der Waals surface area contributed by atoms with Gasteiger partial charge in [0.05, 0.1) is 22.1 Å². The molecule has 5 aromatic carbocycles. The van der Waals surface area contributed by atoms with Crippen molar-refractivity contribution in [3.63, 3.8) is 0 Å². The SMILES string of the molecule is CC(C)CCn1c2cc3c(=O)c4ccc5ccccc5c4n(CCC(C)C)c3cc2c(=O)c2ccc3ccccc3c21. The van der Waals surface area contributed by atoms with E-state index in [-0.39, 0.29) is 10.9 Å². The summed E-state index contributed by atoms with van der Waals surface area (Å²) >= 11 is 0. The highest BCUT2D eigenvalue weighted by Gasteiger charge is 2.19. The molecule has 0 atom stereocenters. The van der Waals surface area contributed by atoms with E-state index in [0.29, 0.717) is 22.6 Å². The molecular weight excluding hydrogens is 516 g/mol. The highest BCUT2D eigenvalue weighted by molar-refractivity contribution is 6.13. The van der Waals surface area contributed by atoms with E-state index < -0.39 is 0 Å². The number of rotatable bonds is 6. The second-order valence-corrected chi connectivity index (χ2v) is 12.6. The summed E-state index contributed by atoms with van der Waals surface area (Å²) in [4.78, 5) is 28.6. The van der Waals surface area contributed by atoms with E-state index in [1.165, 1.54) is 0 Å². The van der Waals surface area contributed by atoms with E-state index in [1.54, 1.807) is 0 Å². The van der Waals surface area contributed by atoms with Crippen molar-refractivity contribution in [2.75, 3.05) is 0 Å². The zero-order chi connectivity index (χ0) is 29.1. The fourth-order valence-corrected chi connectivity index (χ4v) is 6.62. The molecule has 0 aliphatic rings. The van der Waals surface area contributed by atoms with Crippen molar-refractivity contribution < 1.29 is 0 Å². The van der Waals surface area contributed by atoms with Gasteiger partial charge in [0.25, 0.3) is 0 Å².